The van der Waals surface area contributed by atoms with Gasteiger partial charge in [-0.3, -0.25) is 13.9 Å². The maximum atomic E-state index is 14.0. The van der Waals surface area contributed by atoms with E-state index in [9.17, 15) is 18.0 Å². The molecule has 1 atom stereocenters. The minimum atomic E-state index is -4.09. The number of aryl methyl sites for hydroxylation is 1. The van der Waals surface area contributed by atoms with E-state index in [1.165, 1.54) is 4.90 Å². The first-order valence-electron chi connectivity index (χ1n) is 13.1. The molecule has 1 N–H and O–H groups in total. The van der Waals surface area contributed by atoms with Crippen LogP contribution in [0.25, 0.3) is 0 Å². The van der Waals surface area contributed by atoms with Gasteiger partial charge >= 0.3 is 0 Å². The molecule has 0 aliphatic heterocycles. The van der Waals surface area contributed by atoms with Gasteiger partial charge in [0.2, 0.25) is 11.8 Å². The quantitative estimate of drug-likeness (QED) is 0.282. The molecule has 1 unspecified atom stereocenters. The molecule has 3 rings (SSSR count). The largest absolute Gasteiger partial charge is 0.354 e. The lowest BCUT2D eigenvalue weighted by Crippen LogP contribution is -2.53. The average Bonchev–Trinajstić information content (AvgIpc) is 2.93. The summed E-state index contributed by atoms with van der Waals surface area (Å²) in [6.07, 6.45) is 1.70. The van der Waals surface area contributed by atoms with Crippen molar-refractivity contribution in [3.05, 3.63) is 94.5 Å². The van der Waals surface area contributed by atoms with Crippen LogP contribution in [0.1, 0.15) is 37.8 Å². The van der Waals surface area contributed by atoms with E-state index in [0.29, 0.717) is 29.5 Å². The number of sulfonamides is 1. The number of halogens is 1. The highest BCUT2D eigenvalue weighted by Crippen LogP contribution is 2.27. The lowest BCUT2D eigenvalue weighted by molar-refractivity contribution is -0.139. The molecule has 0 heterocycles. The molecule has 0 saturated carbocycles. The van der Waals surface area contributed by atoms with Crippen molar-refractivity contribution in [2.75, 3.05) is 23.9 Å². The van der Waals surface area contributed by atoms with Crippen LogP contribution < -0.4 is 9.62 Å². The number of carbonyl (C=O) groups is 2. The second-order valence-electron chi connectivity index (χ2n) is 9.34. The summed E-state index contributed by atoms with van der Waals surface area (Å²) in [4.78, 5) is 28.7. The zero-order valence-corrected chi connectivity index (χ0v) is 25.0. The number of anilines is 1. The fourth-order valence-electron chi connectivity index (χ4n) is 4.26. The minimum Gasteiger partial charge on any atom is -0.354 e. The van der Waals surface area contributed by atoms with Crippen molar-refractivity contribution in [2.24, 2.45) is 0 Å². The number of rotatable bonds is 13. The second kappa shape index (κ2) is 14.3. The van der Waals surface area contributed by atoms with Crippen molar-refractivity contribution in [1.29, 1.82) is 0 Å². The van der Waals surface area contributed by atoms with Gasteiger partial charge in [-0.05, 0) is 62.1 Å². The maximum Gasteiger partial charge on any atom is 0.264 e. The van der Waals surface area contributed by atoms with Crippen LogP contribution in [-0.2, 0) is 26.0 Å². The number of amides is 2. The van der Waals surface area contributed by atoms with Gasteiger partial charge in [-0.25, -0.2) is 8.42 Å². The molecule has 0 fully saturated rings. The molecular weight excluding hydrogens is 578 g/mol. The minimum absolute atomic E-state index is 0.0874. The Morgan fingerprint density at radius 3 is 2.26 bits per heavy atom. The Morgan fingerprint density at radius 2 is 1.64 bits per heavy atom. The zero-order chi connectivity index (χ0) is 28.4. The average molecular weight is 615 g/mol. The molecule has 0 saturated heterocycles. The number of hydrogen-bond acceptors (Lipinski definition) is 4. The Morgan fingerprint density at radius 1 is 0.949 bits per heavy atom. The third kappa shape index (κ3) is 8.16. The van der Waals surface area contributed by atoms with E-state index in [1.807, 2.05) is 51.1 Å². The fraction of sp³-hybridized carbons (Fsp3) is 0.333. The summed E-state index contributed by atoms with van der Waals surface area (Å²) < 4.78 is 29.5. The van der Waals surface area contributed by atoms with Gasteiger partial charge in [0.25, 0.3) is 10.0 Å². The Hall–Kier alpha value is -3.17. The normalized spacial score (nSPS) is 12.0. The molecular formula is C30H36BrN3O4S. The Kier molecular flexibility index (Phi) is 11.1. The standard InChI is InChI=1S/C30H36BrN3O4S/c1-4-19-32-30(36)28(5-2)33(20-18-24-10-7-6-8-11-24)29(35)22-34(26-13-9-12-25(31)21-26)39(37,38)27-16-14-23(3)15-17-27/h6-17,21,28H,4-5,18-20,22H2,1-3H3,(H,32,36). The van der Waals surface area contributed by atoms with Crippen LogP contribution in [0.4, 0.5) is 5.69 Å². The van der Waals surface area contributed by atoms with Crippen molar-refractivity contribution in [2.45, 2.75) is 51.0 Å². The van der Waals surface area contributed by atoms with E-state index < -0.39 is 28.5 Å². The van der Waals surface area contributed by atoms with E-state index in [0.717, 1.165) is 21.9 Å². The fourth-order valence-corrected chi connectivity index (χ4v) is 6.05. The van der Waals surface area contributed by atoms with Crippen molar-refractivity contribution in [1.82, 2.24) is 10.2 Å². The Balaban J connectivity index is 2.00. The van der Waals surface area contributed by atoms with Crippen LogP contribution in [0.15, 0.2) is 88.2 Å². The van der Waals surface area contributed by atoms with Gasteiger partial charge in [-0.15, -0.1) is 0 Å². The van der Waals surface area contributed by atoms with E-state index in [1.54, 1.807) is 48.5 Å². The van der Waals surface area contributed by atoms with Crippen LogP contribution in [-0.4, -0.2) is 50.8 Å². The van der Waals surface area contributed by atoms with Crippen LogP contribution in [0.3, 0.4) is 0 Å². The van der Waals surface area contributed by atoms with Crippen molar-refractivity contribution in [3.8, 4) is 0 Å². The Bertz CT molecular complexity index is 1350. The third-order valence-electron chi connectivity index (χ3n) is 6.40. The molecule has 3 aromatic carbocycles. The molecule has 0 spiro atoms. The van der Waals surface area contributed by atoms with Crippen LogP contribution in [0.5, 0.6) is 0 Å². The van der Waals surface area contributed by atoms with Crippen molar-refractivity contribution >= 4 is 43.5 Å². The van der Waals surface area contributed by atoms with Crippen molar-refractivity contribution in [3.63, 3.8) is 0 Å². The highest BCUT2D eigenvalue weighted by molar-refractivity contribution is 9.10. The predicted octanol–water partition coefficient (Wildman–Crippen LogP) is 5.33. The van der Waals surface area contributed by atoms with E-state index in [2.05, 4.69) is 21.2 Å². The second-order valence-corrected chi connectivity index (χ2v) is 12.1. The maximum absolute atomic E-state index is 14.0. The topological polar surface area (TPSA) is 86.8 Å². The smallest absolute Gasteiger partial charge is 0.264 e. The molecule has 2 amide bonds. The predicted molar refractivity (Wildman–Crippen MR) is 159 cm³/mol. The summed E-state index contributed by atoms with van der Waals surface area (Å²) in [6, 6.07) is 22.4. The number of benzene rings is 3. The summed E-state index contributed by atoms with van der Waals surface area (Å²) >= 11 is 3.42. The molecule has 0 bridgehead atoms. The summed E-state index contributed by atoms with van der Waals surface area (Å²) in [5, 5.41) is 2.90. The highest BCUT2D eigenvalue weighted by Gasteiger charge is 2.33. The summed E-state index contributed by atoms with van der Waals surface area (Å²) in [5.74, 6) is -0.684. The molecule has 39 heavy (non-hydrogen) atoms. The summed E-state index contributed by atoms with van der Waals surface area (Å²) in [5.41, 5.74) is 2.30. The summed E-state index contributed by atoms with van der Waals surface area (Å²) in [6.45, 7) is 6.03. The molecule has 3 aromatic rings. The van der Waals surface area contributed by atoms with E-state index in [-0.39, 0.29) is 17.3 Å². The number of hydrogen-bond donors (Lipinski definition) is 1. The van der Waals surface area contributed by atoms with Crippen LogP contribution in [0.2, 0.25) is 0 Å². The molecule has 0 aliphatic carbocycles. The van der Waals surface area contributed by atoms with Crippen LogP contribution >= 0.6 is 15.9 Å². The Labute approximate surface area is 240 Å². The monoisotopic (exact) mass is 613 g/mol. The first-order chi connectivity index (χ1) is 18.7. The van der Waals surface area contributed by atoms with Gasteiger partial charge < -0.3 is 10.2 Å². The molecule has 208 valence electrons. The summed E-state index contributed by atoms with van der Waals surface area (Å²) in [7, 11) is -4.09. The van der Waals surface area contributed by atoms with E-state index in [4.69, 9.17) is 0 Å². The lowest BCUT2D eigenvalue weighted by atomic mass is 10.1. The number of carbonyl (C=O) groups excluding carboxylic acids is 2. The van der Waals surface area contributed by atoms with Crippen LogP contribution in [0, 0.1) is 6.92 Å². The first kappa shape index (κ1) is 30.4. The highest BCUT2D eigenvalue weighted by atomic mass is 79.9. The lowest BCUT2D eigenvalue weighted by Gasteiger charge is -2.33. The van der Waals surface area contributed by atoms with Gasteiger partial charge in [0, 0.05) is 17.6 Å². The van der Waals surface area contributed by atoms with Gasteiger partial charge in [0.05, 0.1) is 10.6 Å². The number of nitrogens with zero attached hydrogens (tertiary/aromatic N) is 2. The molecule has 0 aromatic heterocycles. The van der Waals surface area contributed by atoms with Gasteiger partial charge in [-0.2, -0.15) is 0 Å². The molecule has 9 heteroatoms. The molecule has 0 radical (unpaired) electrons. The van der Waals surface area contributed by atoms with Gasteiger partial charge in [-0.1, -0.05) is 83.9 Å². The zero-order valence-electron chi connectivity index (χ0n) is 22.6. The number of nitrogens with one attached hydrogen (secondary N) is 1. The molecule has 0 aliphatic rings. The van der Waals surface area contributed by atoms with Gasteiger partial charge in [0.1, 0.15) is 12.6 Å². The third-order valence-corrected chi connectivity index (χ3v) is 8.68. The van der Waals surface area contributed by atoms with E-state index >= 15 is 0 Å². The van der Waals surface area contributed by atoms with Gasteiger partial charge in [0.15, 0.2) is 0 Å². The first-order valence-corrected chi connectivity index (χ1v) is 15.4. The van der Waals surface area contributed by atoms with Crippen molar-refractivity contribution < 1.29 is 18.0 Å². The SMILES string of the molecule is CCCNC(=O)C(CC)N(CCc1ccccc1)C(=O)CN(c1cccc(Br)c1)S(=O)(=O)c1ccc(C)cc1. The molecule has 7 nitrogen and oxygen atoms in total.